The first-order chi connectivity index (χ1) is 14.3. The van der Waals surface area contributed by atoms with E-state index in [1.54, 1.807) is 36.2 Å². The van der Waals surface area contributed by atoms with E-state index in [2.05, 4.69) is 9.97 Å². The van der Waals surface area contributed by atoms with Gasteiger partial charge in [0.25, 0.3) is 5.91 Å². The monoisotopic (exact) mass is 413 g/mol. The Morgan fingerprint density at radius 1 is 1.23 bits per heavy atom. The molecule has 8 heteroatoms. The number of β-amino-alcohol motifs (C(OH)–C–C–N with tert-alkyl or cyclic N) is 1. The van der Waals surface area contributed by atoms with E-state index in [0.29, 0.717) is 31.7 Å². The third kappa shape index (κ3) is 5.67. The predicted molar refractivity (Wildman–Crippen MR) is 116 cm³/mol. The van der Waals surface area contributed by atoms with Crippen LogP contribution in [0.25, 0.3) is 0 Å². The zero-order valence-electron chi connectivity index (χ0n) is 18.2. The summed E-state index contributed by atoms with van der Waals surface area (Å²) in [5, 5.41) is 11.0. The SMILES string of the molecule is Cc1cc(N2CC[C@@](O)(CN(C)C(=O)c3ccc(OCCN(C)C)cc3)C2)ncn1. The van der Waals surface area contributed by atoms with E-state index < -0.39 is 5.60 Å². The standard InChI is InChI=1S/C22H31N5O3/c1-17-13-20(24-16-23-17)27-10-9-22(29,15-27)14-26(4)21(28)18-5-7-19(8-6-18)30-12-11-25(2)3/h5-8,13,16,29H,9-12,14-15H2,1-4H3/t22-/m1/s1. The Morgan fingerprint density at radius 3 is 2.63 bits per heavy atom. The van der Waals surface area contributed by atoms with E-state index >= 15 is 0 Å². The number of anilines is 1. The molecule has 1 aromatic heterocycles. The lowest BCUT2D eigenvalue weighted by atomic mass is 10.0. The number of aryl methyl sites for hydroxylation is 1. The molecule has 0 bridgehead atoms. The molecule has 0 aliphatic carbocycles. The fourth-order valence-electron chi connectivity index (χ4n) is 3.57. The van der Waals surface area contributed by atoms with Crippen LogP contribution in [0.5, 0.6) is 5.75 Å². The van der Waals surface area contributed by atoms with Crippen molar-refractivity contribution in [2.24, 2.45) is 0 Å². The van der Waals surface area contributed by atoms with Gasteiger partial charge in [-0.15, -0.1) is 0 Å². The maximum Gasteiger partial charge on any atom is 0.253 e. The molecule has 3 rings (SSSR count). The van der Waals surface area contributed by atoms with Crippen LogP contribution in [0.3, 0.4) is 0 Å². The summed E-state index contributed by atoms with van der Waals surface area (Å²) in [7, 11) is 5.71. The Bertz CT molecular complexity index is 858. The highest BCUT2D eigenvalue weighted by molar-refractivity contribution is 5.94. The number of aliphatic hydroxyl groups is 1. The van der Waals surface area contributed by atoms with Crippen molar-refractivity contribution in [1.29, 1.82) is 0 Å². The van der Waals surface area contributed by atoms with Crippen molar-refractivity contribution in [3.05, 3.63) is 47.9 Å². The van der Waals surface area contributed by atoms with Crippen LogP contribution in [0.4, 0.5) is 5.82 Å². The molecule has 162 valence electrons. The molecule has 0 radical (unpaired) electrons. The van der Waals surface area contributed by atoms with Gasteiger partial charge in [-0.1, -0.05) is 0 Å². The van der Waals surface area contributed by atoms with Gasteiger partial charge in [0.05, 0.1) is 6.54 Å². The summed E-state index contributed by atoms with van der Waals surface area (Å²) in [5.41, 5.74) is 0.484. The molecule has 1 aliphatic heterocycles. The number of amides is 1. The first-order valence-electron chi connectivity index (χ1n) is 10.1. The van der Waals surface area contributed by atoms with Crippen molar-refractivity contribution in [2.45, 2.75) is 18.9 Å². The summed E-state index contributed by atoms with van der Waals surface area (Å²) in [5.74, 6) is 1.41. The molecule has 1 N–H and O–H groups in total. The number of hydrogen-bond donors (Lipinski definition) is 1. The van der Waals surface area contributed by atoms with Crippen LogP contribution >= 0.6 is 0 Å². The molecular formula is C22H31N5O3. The Balaban J connectivity index is 1.56. The average molecular weight is 414 g/mol. The molecule has 2 aromatic rings. The molecule has 1 aromatic carbocycles. The number of nitrogens with zero attached hydrogens (tertiary/aromatic N) is 5. The van der Waals surface area contributed by atoms with E-state index in [1.807, 2.05) is 36.9 Å². The van der Waals surface area contributed by atoms with Crippen LogP contribution in [-0.2, 0) is 0 Å². The molecule has 1 saturated heterocycles. The molecule has 0 saturated carbocycles. The minimum atomic E-state index is -0.974. The third-order valence-electron chi connectivity index (χ3n) is 5.23. The van der Waals surface area contributed by atoms with E-state index in [1.165, 1.54) is 6.33 Å². The van der Waals surface area contributed by atoms with Crippen LogP contribution in [0, 0.1) is 6.92 Å². The second-order valence-corrected chi connectivity index (χ2v) is 8.25. The largest absolute Gasteiger partial charge is 0.492 e. The van der Waals surface area contributed by atoms with Crippen LogP contribution in [-0.4, -0.2) is 90.3 Å². The highest BCUT2D eigenvalue weighted by Gasteiger charge is 2.38. The maximum atomic E-state index is 12.8. The number of carbonyl (C=O) groups is 1. The molecule has 0 unspecified atom stereocenters. The second-order valence-electron chi connectivity index (χ2n) is 8.25. The van der Waals surface area contributed by atoms with Crippen molar-refractivity contribution in [1.82, 2.24) is 19.8 Å². The summed E-state index contributed by atoms with van der Waals surface area (Å²) in [6.45, 7) is 4.71. The summed E-state index contributed by atoms with van der Waals surface area (Å²) in [4.78, 5) is 26.9. The van der Waals surface area contributed by atoms with Crippen molar-refractivity contribution in [3.63, 3.8) is 0 Å². The maximum absolute atomic E-state index is 12.8. The quantitative estimate of drug-likeness (QED) is 0.701. The Labute approximate surface area is 178 Å². The Kier molecular flexibility index (Phi) is 6.89. The molecule has 30 heavy (non-hydrogen) atoms. The van der Waals surface area contributed by atoms with Gasteiger partial charge >= 0.3 is 0 Å². The number of carbonyl (C=O) groups excluding carboxylic acids is 1. The third-order valence-corrected chi connectivity index (χ3v) is 5.23. The van der Waals surface area contributed by atoms with Crippen LogP contribution in [0.15, 0.2) is 36.7 Å². The van der Waals surface area contributed by atoms with Crippen LogP contribution in [0.1, 0.15) is 22.5 Å². The van der Waals surface area contributed by atoms with Gasteiger partial charge in [-0.2, -0.15) is 0 Å². The molecule has 1 amide bonds. The predicted octanol–water partition coefficient (Wildman–Crippen LogP) is 1.44. The number of aromatic nitrogens is 2. The molecule has 1 fully saturated rings. The molecule has 8 nitrogen and oxygen atoms in total. The fraction of sp³-hybridized carbons (Fsp3) is 0.500. The highest BCUT2D eigenvalue weighted by Crippen LogP contribution is 2.26. The highest BCUT2D eigenvalue weighted by atomic mass is 16.5. The molecule has 0 spiro atoms. The number of ether oxygens (including phenoxy) is 1. The fourth-order valence-corrected chi connectivity index (χ4v) is 3.57. The van der Waals surface area contributed by atoms with Gasteiger partial charge in [0, 0.05) is 44.0 Å². The minimum Gasteiger partial charge on any atom is -0.492 e. The van der Waals surface area contributed by atoms with Crippen LogP contribution in [0.2, 0.25) is 0 Å². The van der Waals surface area contributed by atoms with E-state index in [-0.39, 0.29) is 12.5 Å². The van der Waals surface area contributed by atoms with Gasteiger partial charge in [0.2, 0.25) is 0 Å². The Hall–Kier alpha value is -2.71. The molecule has 1 atom stereocenters. The summed E-state index contributed by atoms with van der Waals surface area (Å²) in [6.07, 6.45) is 2.11. The summed E-state index contributed by atoms with van der Waals surface area (Å²) in [6, 6.07) is 9.04. The lowest BCUT2D eigenvalue weighted by Gasteiger charge is -2.29. The number of likely N-dealkylation sites (N-methyl/N-ethyl adjacent to an activating group) is 2. The van der Waals surface area contributed by atoms with Crippen LogP contribution < -0.4 is 9.64 Å². The first-order valence-corrected chi connectivity index (χ1v) is 10.1. The number of hydrogen-bond acceptors (Lipinski definition) is 7. The second kappa shape index (κ2) is 9.40. The van der Waals surface area contributed by atoms with Gasteiger partial charge in [-0.3, -0.25) is 4.79 Å². The normalized spacial score (nSPS) is 18.7. The smallest absolute Gasteiger partial charge is 0.253 e. The van der Waals surface area contributed by atoms with E-state index in [4.69, 9.17) is 4.74 Å². The molecule has 2 heterocycles. The van der Waals surface area contributed by atoms with Gasteiger partial charge in [-0.05, 0) is 51.7 Å². The molecule has 1 aliphatic rings. The van der Waals surface area contributed by atoms with Gasteiger partial charge in [0.15, 0.2) is 0 Å². The summed E-state index contributed by atoms with van der Waals surface area (Å²) < 4.78 is 5.68. The lowest BCUT2D eigenvalue weighted by Crippen LogP contribution is -2.45. The van der Waals surface area contributed by atoms with Gasteiger partial charge in [-0.25, -0.2) is 9.97 Å². The lowest BCUT2D eigenvalue weighted by molar-refractivity contribution is 0.0264. The zero-order chi connectivity index (χ0) is 21.7. The van der Waals surface area contributed by atoms with Crippen molar-refractivity contribution < 1.29 is 14.6 Å². The average Bonchev–Trinajstić information content (AvgIpc) is 3.09. The van der Waals surface area contributed by atoms with Crippen molar-refractivity contribution in [2.75, 3.05) is 58.8 Å². The number of rotatable bonds is 8. The summed E-state index contributed by atoms with van der Waals surface area (Å²) >= 11 is 0. The topological polar surface area (TPSA) is 82.0 Å². The molecular weight excluding hydrogens is 382 g/mol. The van der Waals surface area contributed by atoms with Crippen molar-refractivity contribution in [3.8, 4) is 5.75 Å². The van der Waals surface area contributed by atoms with E-state index in [0.717, 1.165) is 23.8 Å². The van der Waals surface area contributed by atoms with Crippen molar-refractivity contribution >= 4 is 11.7 Å². The number of benzene rings is 1. The van der Waals surface area contributed by atoms with Gasteiger partial charge < -0.3 is 24.5 Å². The zero-order valence-corrected chi connectivity index (χ0v) is 18.2. The Morgan fingerprint density at radius 2 is 1.97 bits per heavy atom. The minimum absolute atomic E-state index is 0.125. The van der Waals surface area contributed by atoms with Gasteiger partial charge in [0.1, 0.15) is 30.1 Å². The van der Waals surface area contributed by atoms with E-state index in [9.17, 15) is 9.90 Å². The first kappa shape index (κ1) is 22.0.